The van der Waals surface area contributed by atoms with E-state index in [9.17, 15) is 4.79 Å². The van der Waals surface area contributed by atoms with Crippen molar-refractivity contribution in [1.29, 1.82) is 0 Å². The summed E-state index contributed by atoms with van der Waals surface area (Å²) in [6.45, 7) is 2.35. The first-order valence-corrected chi connectivity index (χ1v) is 9.03. The number of pyridine rings is 1. The van der Waals surface area contributed by atoms with Crippen molar-refractivity contribution in [3.63, 3.8) is 0 Å². The fourth-order valence-corrected chi connectivity index (χ4v) is 4.18. The highest BCUT2D eigenvalue weighted by Crippen LogP contribution is 2.33. The number of hydrogen-bond acceptors (Lipinski definition) is 4. The third kappa shape index (κ3) is 3.26. The second kappa shape index (κ2) is 6.73. The van der Waals surface area contributed by atoms with E-state index in [0.29, 0.717) is 6.04 Å². The summed E-state index contributed by atoms with van der Waals surface area (Å²) in [7, 11) is 3.66. The van der Waals surface area contributed by atoms with E-state index in [0.717, 1.165) is 49.1 Å². The number of para-hydroxylation sites is 1. The maximum absolute atomic E-state index is 12.5. The molecule has 0 unspecified atom stereocenters. The quantitative estimate of drug-likeness (QED) is 0.861. The SMILES string of the molecule is CN(C)C(=O)[C@@H]1C[C@@H]2OCC[C@@H]2N(Cc2ccc3ccccc3n2)C1. The topological polar surface area (TPSA) is 45.7 Å². The zero-order valence-corrected chi connectivity index (χ0v) is 14.9. The van der Waals surface area contributed by atoms with E-state index in [4.69, 9.17) is 9.72 Å². The lowest BCUT2D eigenvalue weighted by molar-refractivity contribution is -0.137. The first-order valence-electron chi connectivity index (χ1n) is 9.03. The summed E-state index contributed by atoms with van der Waals surface area (Å²) in [5, 5.41) is 1.16. The van der Waals surface area contributed by atoms with Gasteiger partial charge in [-0.2, -0.15) is 0 Å². The number of ether oxygens (including phenoxy) is 1. The zero-order chi connectivity index (χ0) is 17.4. The normalized spacial score (nSPS) is 26.6. The third-order valence-electron chi connectivity index (χ3n) is 5.43. The Bertz CT molecular complexity index is 776. The minimum atomic E-state index is 0.00908. The van der Waals surface area contributed by atoms with Crippen molar-refractivity contribution < 1.29 is 9.53 Å². The largest absolute Gasteiger partial charge is 0.377 e. The summed E-state index contributed by atoms with van der Waals surface area (Å²) < 4.78 is 5.92. The summed E-state index contributed by atoms with van der Waals surface area (Å²) in [6.07, 6.45) is 2.05. The Morgan fingerprint density at radius 1 is 1.28 bits per heavy atom. The zero-order valence-electron chi connectivity index (χ0n) is 14.9. The number of piperidine rings is 1. The first kappa shape index (κ1) is 16.5. The molecule has 0 N–H and O–H groups in total. The van der Waals surface area contributed by atoms with Crippen LogP contribution >= 0.6 is 0 Å². The molecule has 132 valence electrons. The van der Waals surface area contributed by atoms with E-state index in [1.54, 1.807) is 4.90 Å². The number of carbonyl (C=O) groups is 1. The van der Waals surface area contributed by atoms with Crippen molar-refractivity contribution in [2.75, 3.05) is 27.2 Å². The van der Waals surface area contributed by atoms with Crippen molar-refractivity contribution in [3.8, 4) is 0 Å². The number of hydrogen-bond donors (Lipinski definition) is 0. The van der Waals surface area contributed by atoms with E-state index in [1.165, 1.54) is 0 Å². The molecule has 2 aromatic rings. The van der Waals surface area contributed by atoms with Crippen LogP contribution in [0.25, 0.3) is 10.9 Å². The molecule has 5 heteroatoms. The minimum absolute atomic E-state index is 0.00908. The number of benzene rings is 1. The van der Waals surface area contributed by atoms with E-state index in [-0.39, 0.29) is 17.9 Å². The van der Waals surface area contributed by atoms with Gasteiger partial charge in [-0.3, -0.25) is 14.7 Å². The summed E-state index contributed by atoms with van der Waals surface area (Å²) in [6, 6.07) is 12.8. The molecule has 3 heterocycles. The third-order valence-corrected chi connectivity index (χ3v) is 5.43. The van der Waals surface area contributed by atoms with E-state index in [1.807, 2.05) is 26.2 Å². The molecule has 5 nitrogen and oxygen atoms in total. The van der Waals surface area contributed by atoms with Gasteiger partial charge in [0.2, 0.25) is 5.91 Å². The monoisotopic (exact) mass is 339 g/mol. The molecule has 0 spiro atoms. The second-order valence-corrected chi connectivity index (χ2v) is 7.36. The molecule has 0 aliphatic carbocycles. The van der Waals surface area contributed by atoms with Gasteiger partial charge in [-0.1, -0.05) is 24.3 Å². The molecule has 0 radical (unpaired) electrons. The van der Waals surface area contributed by atoms with Crippen LogP contribution in [0, 0.1) is 5.92 Å². The Labute approximate surface area is 148 Å². The van der Waals surface area contributed by atoms with Gasteiger partial charge in [0.25, 0.3) is 0 Å². The predicted octanol–water partition coefficient (Wildman–Crippen LogP) is 2.30. The van der Waals surface area contributed by atoms with Gasteiger partial charge in [0.1, 0.15) is 0 Å². The highest BCUT2D eigenvalue weighted by molar-refractivity contribution is 5.79. The molecular formula is C20H25N3O2. The Morgan fingerprint density at radius 3 is 2.96 bits per heavy atom. The molecule has 4 rings (SSSR count). The summed E-state index contributed by atoms with van der Waals surface area (Å²) in [4.78, 5) is 21.4. The maximum atomic E-state index is 12.5. The lowest BCUT2D eigenvalue weighted by Gasteiger charge is -2.40. The number of likely N-dealkylation sites (tertiary alicyclic amines) is 1. The van der Waals surface area contributed by atoms with Crippen LogP contribution in [0.1, 0.15) is 18.5 Å². The minimum Gasteiger partial charge on any atom is -0.377 e. The Hall–Kier alpha value is -1.98. The molecule has 2 aliphatic rings. The van der Waals surface area contributed by atoms with Crippen molar-refractivity contribution in [3.05, 3.63) is 42.1 Å². The molecular weight excluding hydrogens is 314 g/mol. The molecule has 0 bridgehead atoms. The number of amides is 1. The van der Waals surface area contributed by atoms with E-state index < -0.39 is 0 Å². The van der Waals surface area contributed by atoms with Crippen molar-refractivity contribution in [2.45, 2.75) is 31.5 Å². The Balaban J connectivity index is 1.56. The van der Waals surface area contributed by atoms with Crippen LogP contribution in [0.4, 0.5) is 0 Å². The molecule has 0 saturated carbocycles. The van der Waals surface area contributed by atoms with Gasteiger partial charge in [0.15, 0.2) is 0 Å². The number of rotatable bonds is 3. The lowest BCUT2D eigenvalue weighted by atomic mass is 9.89. The molecule has 3 atom stereocenters. The fourth-order valence-electron chi connectivity index (χ4n) is 4.18. The highest BCUT2D eigenvalue weighted by Gasteiger charge is 2.42. The van der Waals surface area contributed by atoms with Crippen LogP contribution in [-0.4, -0.2) is 60.1 Å². The molecule has 1 aromatic carbocycles. The highest BCUT2D eigenvalue weighted by atomic mass is 16.5. The summed E-state index contributed by atoms with van der Waals surface area (Å²) in [5.74, 6) is 0.209. The average molecular weight is 339 g/mol. The number of aromatic nitrogens is 1. The van der Waals surface area contributed by atoms with Crippen LogP contribution in [0.3, 0.4) is 0 Å². The average Bonchev–Trinajstić information content (AvgIpc) is 3.09. The predicted molar refractivity (Wildman–Crippen MR) is 97.1 cm³/mol. The summed E-state index contributed by atoms with van der Waals surface area (Å²) in [5.41, 5.74) is 2.08. The Morgan fingerprint density at radius 2 is 2.12 bits per heavy atom. The van der Waals surface area contributed by atoms with Crippen LogP contribution in [-0.2, 0) is 16.1 Å². The van der Waals surface area contributed by atoms with Gasteiger partial charge in [-0.15, -0.1) is 0 Å². The Kier molecular flexibility index (Phi) is 4.44. The van der Waals surface area contributed by atoms with E-state index in [2.05, 4.69) is 29.2 Å². The standard InChI is InChI=1S/C20H25N3O2/c1-22(2)20(24)15-11-19-18(9-10-25-19)23(12-15)13-16-8-7-14-5-3-4-6-17(14)21-16/h3-8,15,18-19H,9-13H2,1-2H3/t15-,18+,19+/m1/s1. The van der Waals surface area contributed by atoms with Crippen LogP contribution in [0.2, 0.25) is 0 Å². The molecule has 25 heavy (non-hydrogen) atoms. The fraction of sp³-hybridized carbons (Fsp3) is 0.500. The van der Waals surface area contributed by atoms with Crippen molar-refractivity contribution in [1.82, 2.24) is 14.8 Å². The second-order valence-electron chi connectivity index (χ2n) is 7.36. The molecule has 2 fully saturated rings. The van der Waals surface area contributed by atoms with Gasteiger partial charge < -0.3 is 9.64 Å². The van der Waals surface area contributed by atoms with Gasteiger partial charge >= 0.3 is 0 Å². The molecule has 2 saturated heterocycles. The molecule has 1 amide bonds. The number of carbonyl (C=O) groups excluding carboxylic acids is 1. The van der Waals surface area contributed by atoms with Gasteiger partial charge in [-0.25, -0.2) is 0 Å². The lowest BCUT2D eigenvalue weighted by Crippen LogP contribution is -2.52. The first-order chi connectivity index (χ1) is 12.1. The maximum Gasteiger partial charge on any atom is 0.226 e. The molecule has 1 aromatic heterocycles. The number of fused-ring (bicyclic) bond motifs is 2. The van der Waals surface area contributed by atoms with E-state index >= 15 is 0 Å². The van der Waals surface area contributed by atoms with Gasteiger partial charge in [0.05, 0.1) is 23.2 Å². The van der Waals surface area contributed by atoms with Crippen LogP contribution in [0.15, 0.2) is 36.4 Å². The summed E-state index contributed by atoms with van der Waals surface area (Å²) >= 11 is 0. The van der Waals surface area contributed by atoms with Crippen LogP contribution in [0.5, 0.6) is 0 Å². The van der Waals surface area contributed by atoms with Gasteiger partial charge in [-0.05, 0) is 25.0 Å². The molecule has 2 aliphatic heterocycles. The number of nitrogens with zero attached hydrogens (tertiary/aromatic N) is 3. The smallest absolute Gasteiger partial charge is 0.226 e. The van der Waals surface area contributed by atoms with Crippen molar-refractivity contribution in [2.24, 2.45) is 5.92 Å². The van der Waals surface area contributed by atoms with Crippen LogP contribution < -0.4 is 0 Å². The van der Waals surface area contributed by atoms with Gasteiger partial charge in [0, 0.05) is 45.2 Å². The van der Waals surface area contributed by atoms with Crippen molar-refractivity contribution >= 4 is 16.8 Å².